The van der Waals surface area contributed by atoms with E-state index in [1.807, 2.05) is 6.92 Å². The first-order valence-electron chi connectivity index (χ1n) is 4.63. The summed E-state index contributed by atoms with van der Waals surface area (Å²) >= 11 is 0. The smallest absolute Gasteiger partial charge is 0.302 e. The molecular weight excluding hydrogens is 191 g/mol. The van der Waals surface area contributed by atoms with E-state index in [-0.39, 0.29) is 13.2 Å². The van der Waals surface area contributed by atoms with Gasteiger partial charge in [0, 0.05) is 0 Å². The van der Waals surface area contributed by atoms with Gasteiger partial charge in [0.25, 0.3) is 0 Å². The summed E-state index contributed by atoms with van der Waals surface area (Å²) < 4.78 is 20.4. The number of phosphoric ester groups is 1. The highest BCUT2D eigenvalue weighted by atomic mass is 31.2. The molecule has 0 aromatic heterocycles. The molecule has 1 N–H and O–H groups in total. The van der Waals surface area contributed by atoms with Gasteiger partial charge >= 0.3 is 7.82 Å². The Morgan fingerprint density at radius 3 is 2.46 bits per heavy atom. The molecule has 0 saturated heterocycles. The van der Waals surface area contributed by atoms with Crippen LogP contribution in [-0.2, 0) is 13.6 Å². The van der Waals surface area contributed by atoms with Crippen LogP contribution in [0.5, 0.6) is 0 Å². The van der Waals surface area contributed by atoms with Crippen molar-refractivity contribution in [3.8, 4) is 0 Å². The molecule has 80 valence electrons. The molecule has 0 bridgehead atoms. The number of phosphoric acid groups is 1. The highest BCUT2D eigenvalue weighted by Crippen LogP contribution is 2.43. The molecule has 5 heteroatoms. The average molecular weight is 210 g/mol. The monoisotopic (exact) mass is 210 g/mol. The third-order valence-electron chi connectivity index (χ3n) is 1.60. The van der Waals surface area contributed by atoms with Gasteiger partial charge in [0.1, 0.15) is 0 Å². The van der Waals surface area contributed by atoms with Crippen LogP contribution in [0.15, 0.2) is 0 Å². The highest BCUT2D eigenvalue weighted by molar-refractivity contribution is 7.47. The molecule has 0 aromatic rings. The molecule has 0 fully saturated rings. The van der Waals surface area contributed by atoms with Crippen molar-refractivity contribution in [2.24, 2.45) is 5.92 Å². The molecule has 0 saturated carbocycles. The van der Waals surface area contributed by atoms with Crippen LogP contribution in [0.4, 0.5) is 0 Å². The normalized spacial score (nSPS) is 18.2. The number of rotatable bonds is 7. The van der Waals surface area contributed by atoms with E-state index in [0.29, 0.717) is 5.92 Å². The predicted molar refractivity (Wildman–Crippen MR) is 51.5 cm³/mol. The van der Waals surface area contributed by atoms with E-state index in [2.05, 4.69) is 11.4 Å². The molecule has 0 radical (unpaired) electrons. The van der Waals surface area contributed by atoms with E-state index in [9.17, 15) is 4.57 Å². The lowest BCUT2D eigenvalue weighted by molar-refractivity contribution is 0.136. The maximum atomic E-state index is 11.0. The van der Waals surface area contributed by atoms with Gasteiger partial charge in [0.15, 0.2) is 0 Å². The summed E-state index contributed by atoms with van der Waals surface area (Å²) in [6.45, 7) is 6.17. The van der Waals surface area contributed by atoms with Crippen molar-refractivity contribution >= 4 is 7.82 Å². The molecule has 4 nitrogen and oxygen atoms in total. The standard InChI is InChI=1S/C8H19O4P/c1-4-6-8(3)7-12-13(9,10)11-5-2/h8H,4-7H2,1-3H3,(H,9,10). The first-order chi connectivity index (χ1) is 6.02. The Morgan fingerprint density at radius 2 is 2.00 bits per heavy atom. The molecule has 0 aliphatic rings. The molecular formula is C8H19O4P. The van der Waals surface area contributed by atoms with Crippen molar-refractivity contribution in [1.29, 1.82) is 0 Å². The summed E-state index contributed by atoms with van der Waals surface area (Å²) in [7, 11) is -3.77. The molecule has 0 spiro atoms. The van der Waals surface area contributed by atoms with E-state index in [4.69, 9.17) is 9.42 Å². The molecule has 0 aliphatic heterocycles. The van der Waals surface area contributed by atoms with Gasteiger partial charge in [-0.05, 0) is 19.3 Å². The Bertz CT molecular complexity index is 172. The van der Waals surface area contributed by atoms with Crippen LogP contribution in [0.2, 0.25) is 0 Å². The Hall–Kier alpha value is 0.110. The van der Waals surface area contributed by atoms with E-state index >= 15 is 0 Å². The largest absolute Gasteiger partial charge is 0.472 e. The first kappa shape index (κ1) is 13.1. The third kappa shape index (κ3) is 7.20. The van der Waals surface area contributed by atoms with Gasteiger partial charge in [-0.3, -0.25) is 9.05 Å². The molecule has 13 heavy (non-hydrogen) atoms. The Kier molecular flexibility index (Phi) is 6.60. The lowest BCUT2D eigenvalue weighted by atomic mass is 10.1. The van der Waals surface area contributed by atoms with Crippen molar-refractivity contribution in [2.75, 3.05) is 13.2 Å². The first-order valence-corrected chi connectivity index (χ1v) is 6.13. The van der Waals surface area contributed by atoms with Crippen LogP contribution in [0.1, 0.15) is 33.6 Å². The molecule has 0 aromatic carbocycles. The molecule has 0 aliphatic carbocycles. The van der Waals surface area contributed by atoms with Crippen LogP contribution >= 0.6 is 7.82 Å². The summed E-state index contributed by atoms with van der Waals surface area (Å²) in [6, 6.07) is 0. The van der Waals surface area contributed by atoms with Gasteiger partial charge in [-0.2, -0.15) is 0 Å². The van der Waals surface area contributed by atoms with Crippen LogP contribution in [-0.4, -0.2) is 18.1 Å². The second kappa shape index (κ2) is 6.55. The number of hydrogen-bond acceptors (Lipinski definition) is 3. The van der Waals surface area contributed by atoms with Gasteiger partial charge in [0.2, 0.25) is 0 Å². The lowest BCUT2D eigenvalue weighted by Crippen LogP contribution is -2.05. The fourth-order valence-corrected chi connectivity index (χ4v) is 1.84. The molecule has 2 atom stereocenters. The van der Waals surface area contributed by atoms with Crippen LogP contribution in [0.25, 0.3) is 0 Å². The van der Waals surface area contributed by atoms with Crippen molar-refractivity contribution in [1.82, 2.24) is 0 Å². The quantitative estimate of drug-likeness (QED) is 0.656. The molecule has 0 heterocycles. The lowest BCUT2D eigenvalue weighted by Gasteiger charge is -2.14. The minimum atomic E-state index is -3.77. The fourth-order valence-electron chi connectivity index (χ4n) is 0.998. The molecule has 2 unspecified atom stereocenters. The van der Waals surface area contributed by atoms with Gasteiger partial charge in [-0.15, -0.1) is 0 Å². The van der Waals surface area contributed by atoms with Gasteiger partial charge in [-0.1, -0.05) is 20.3 Å². The topological polar surface area (TPSA) is 55.8 Å². The van der Waals surface area contributed by atoms with Crippen LogP contribution in [0, 0.1) is 5.92 Å². The van der Waals surface area contributed by atoms with E-state index in [1.54, 1.807) is 6.92 Å². The zero-order valence-electron chi connectivity index (χ0n) is 8.52. The van der Waals surface area contributed by atoms with E-state index in [0.717, 1.165) is 12.8 Å². The van der Waals surface area contributed by atoms with Crippen molar-refractivity contribution in [3.05, 3.63) is 0 Å². The minimum absolute atomic E-state index is 0.190. The maximum absolute atomic E-state index is 11.0. The summed E-state index contributed by atoms with van der Waals surface area (Å²) in [5.41, 5.74) is 0. The minimum Gasteiger partial charge on any atom is -0.302 e. The third-order valence-corrected chi connectivity index (χ3v) is 2.66. The van der Waals surface area contributed by atoms with Crippen molar-refractivity contribution < 1.29 is 18.5 Å². The van der Waals surface area contributed by atoms with Crippen molar-refractivity contribution in [3.63, 3.8) is 0 Å². The summed E-state index contributed by atoms with van der Waals surface area (Å²) in [4.78, 5) is 9.04. The Balaban J connectivity index is 3.67. The van der Waals surface area contributed by atoms with E-state index in [1.165, 1.54) is 0 Å². The van der Waals surface area contributed by atoms with Gasteiger partial charge in [0.05, 0.1) is 13.2 Å². The zero-order chi connectivity index (χ0) is 10.3. The molecule has 0 rings (SSSR count). The Morgan fingerprint density at radius 1 is 1.38 bits per heavy atom. The van der Waals surface area contributed by atoms with E-state index < -0.39 is 7.82 Å². The van der Waals surface area contributed by atoms with Crippen LogP contribution < -0.4 is 0 Å². The van der Waals surface area contributed by atoms with Crippen molar-refractivity contribution in [2.45, 2.75) is 33.6 Å². The average Bonchev–Trinajstić information content (AvgIpc) is 2.02. The second-order valence-electron chi connectivity index (χ2n) is 3.08. The number of hydrogen-bond donors (Lipinski definition) is 1. The fraction of sp³-hybridized carbons (Fsp3) is 1.00. The van der Waals surface area contributed by atoms with Gasteiger partial charge < -0.3 is 4.89 Å². The summed E-state index contributed by atoms with van der Waals surface area (Å²) in [6.07, 6.45) is 2.04. The van der Waals surface area contributed by atoms with Crippen LogP contribution in [0.3, 0.4) is 0 Å². The SMILES string of the molecule is CCCC(C)COP(=O)(O)OCC. The highest BCUT2D eigenvalue weighted by Gasteiger charge is 2.20. The zero-order valence-corrected chi connectivity index (χ0v) is 9.42. The van der Waals surface area contributed by atoms with Gasteiger partial charge in [-0.25, -0.2) is 4.57 Å². The summed E-state index contributed by atoms with van der Waals surface area (Å²) in [5, 5.41) is 0. The molecule has 0 amide bonds. The second-order valence-corrected chi connectivity index (χ2v) is 4.53. The Labute approximate surface area is 79.9 Å². The maximum Gasteiger partial charge on any atom is 0.472 e. The predicted octanol–water partition coefficient (Wildman–Crippen LogP) is 2.58. The summed E-state index contributed by atoms with van der Waals surface area (Å²) in [5.74, 6) is 0.297.